The van der Waals surface area contributed by atoms with Crippen molar-refractivity contribution < 1.29 is 9.84 Å². The van der Waals surface area contributed by atoms with Gasteiger partial charge in [0.05, 0.1) is 19.8 Å². The van der Waals surface area contributed by atoms with Gasteiger partial charge in [-0.05, 0) is 36.8 Å². The van der Waals surface area contributed by atoms with Crippen molar-refractivity contribution in [3.05, 3.63) is 42.2 Å². The lowest BCUT2D eigenvalue weighted by Crippen LogP contribution is -2.22. The van der Waals surface area contributed by atoms with Gasteiger partial charge >= 0.3 is 0 Å². The number of hydrogen-bond donors (Lipinski definition) is 3. The molecular formula is C18H21N5O2. The molecule has 0 aliphatic carbocycles. The summed E-state index contributed by atoms with van der Waals surface area (Å²) in [5.74, 6) is 2.26. The van der Waals surface area contributed by atoms with Gasteiger partial charge in [0.1, 0.15) is 11.6 Å². The standard InChI is InChI=1S/C18H21N5O2/c1-25-15-2-3-16-12(9-15)8-13(21-16)10-20-18-19-6-4-17(22-18)23-7-5-14(24)11-23/h2-4,6,8-9,14,21,24H,5,7,10-11H2,1H3,(H,19,20,22). The van der Waals surface area contributed by atoms with Crippen molar-refractivity contribution in [3.63, 3.8) is 0 Å². The molecular weight excluding hydrogens is 318 g/mol. The van der Waals surface area contributed by atoms with Crippen LogP contribution >= 0.6 is 0 Å². The summed E-state index contributed by atoms with van der Waals surface area (Å²) in [6.45, 7) is 2.05. The van der Waals surface area contributed by atoms with E-state index in [0.29, 0.717) is 19.0 Å². The number of ether oxygens (including phenoxy) is 1. The lowest BCUT2D eigenvalue weighted by Gasteiger charge is -2.16. The highest BCUT2D eigenvalue weighted by Gasteiger charge is 2.21. The number of rotatable bonds is 5. The molecule has 4 rings (SSSR count). The van der Waals surface area contributed by atoms with E-state index in [9.17, 15) is 5.11 Å². The number of hydrogen-bond acceptors (Lipinski definition) is 6. The Hall–Kier alpha value is -2.80. The monoisotopic (exact) mass is 339 g/mol. The molecule has 0 radical (unpaired) electrons. The molecule has 1 atom stereocenters. The third kappa shape index (κ3) is 3.36. The average molecular weight is 339 g/mol. The van der Waals surface area contributed by atoms with Crippen LogP contribution in [0.25, 0.3) is 10.9 Å². The van der Waals surface area contributed by atoms with E-state index in [1.165, 1.54) is 0 Å². The van der Waals surface area contributed by atoms with Crippen LogP contribution in [-0.4, -0.2) is 46.4 Å². The molecule has 1 aromatic carbocycles. The summed E-state index contributed by atoms with van der Waals surface area (Å²) in [7, 11) is 1.67. The van der Waals surface area contributed by atoms with Crippen LogP contribution in [0.5, 0.6) is 5.75 Å². The first-order valence-corrected chi connectivity index (χ1v) is 8.37. The predicted molar refractivity (Wildman–Crippen MR) is 97.0 cm³/mol. The zero-order valence-electron chi connectivity index (χ0n) is 14.1. The Morgan fingerprint density at radius 2 is 2.28 bits per heavy atom. The van der Waals surface area contributed by atoms with E-state index >= 15 is 0 Å². The van der Waals surface area contributed by atoms with Crippen LogP contribution in [0, 0.1) is 0 Å². The number of nitrogens with one attached hydrogen (secondary N) is 2. The topological polar surface area (TPSA) is 86.3 Å². The minimum atomic E-state index is -0.269. The number of nitrogens with zero attached hydrogens (tertiary/aromatic N) is 3. The number of benzene rings is 1. The Bertz CT molecular complexity index is 879. The normalized spacial score (nSPS) is 17.2. The van der Waals surface area contributed by atoms with Crippen LogP contribution in [0.4, 0.5) is 11.8 Å². The van der Waals surface area contributed by atoms with Gasteiger partial charge in [-0.3, -0.25) is 0 Å². The van der Waals surface area contributed by atoms with Crippen molar-refractivity contribution in [1.82, 2.24) is 15.0 Å². The van der Waals surface area contributed by atoms with Crippen LogP contribution < -0.4 is 15.0 Å². The summed E-state index contributed by atoms with van der Waals surface area (Å²) in [6.07, 6.45) is 2.26. The second-order valence-corrected chi connectivity index (χ2v) is 6.23. The van der Waals surface area contributed by atoms with E-state index in [2.05, 4.69) is 31.2 Å². The molecule has 1 aliphatic heterocycles. The summed E-state index contributed by atoms with van der Waals surface area (Å²) >= 11 is 0. The van der Waals surface area contributed by atoms with Gasteiger partial charge in [-0.2, -0.15) is 4.98 Å². The number of aromatic amines is 1. The largest absolute Gasteiger partial charge is 0.497 e. The minimum absolute atomic E-state index is 0.269. The van der Waals surface area contributed by atoms with Gasteiger partial charge in [-0.1, -0.05) is 0 Å². The molecule has 3 aromatic rings. The van der Waals surface area contributed by atoms with Gasteiger partial charge in [-0.15, -0.1) is 0 Å². The fourth-order valence-electron chi connectivity index (χ4n) is 3.13. The Balaban J connectivity index is 1.46. The van der Waals surface area contributed by atoms with E-state index in [1.807, 2.05) is 24.3 Å². The highest BCUT2D eigenvalue weighted by Crippen LogP contribution is 2.22. The lowest BCUT2D eigenvalue weighted by molar-refractivity contribution is 0.198. The molecule has 2 aromatic heterocycles. The summed E-state index contributed by atoms with van der Waals surface area (Å²) in [6, 6.07) is 9.91. The number of anilines is 2. The van der Waals surface area contributed by atoms with Crippen molar-refractivity contribution in [2.75, 3.05) is 30.4 Å². The first-order valence-electron chi connectivity index (χ1n) is 8.37. The predicted octanol–water partition coefficient (Wildman–Crippen LogP) is 2.15. The molecule has 1 aliphatic rings. The zero-order chi connectivity index (χ0) is 17.2. The highest BCUT2D eigenvalue weighted by atomic mass is 16.5. The molecule has 0 amide bonds. The molecule has 3 heterocycles. The van der Waals surface area contributed by atoms with Gasteiger partial charge in [-0.25, -0.2) is 4.98 Å². The summed E-state index contributed by atoms with van der Waals surface area (Å²) < 4.78 is 5.26. The first kappa shape index (κ1) is 15.7. The summed E-state index contributed by atoms with van der Waals surface area (Å²) in [4.78, 5) is 14.3. The highest BCUT2D eigenvalue weighted by molar-refractivity contribution is 5.82. The van der Waals surface area contributed by atoms with Crippen LogP contribution in [0.3, 0.4) is 0 Å². The molecule has 3 N–H and O–H groups in total. The molecule has 7 heteroatoms. The maximum Gasteiger partial charge on any atom is 0.224 e. The first-order chi connectivity index (χ1) is 12.2. The van der Waals surface area contributed by atoms with Crippen LogP contribution in [-0.2, 0) is 6.54 Å². The van der Waals surface area contributed by atoms with Crippen molar-refractivity contribution in [3.8, 4) is 5.75 Å². The average Bonchev–Trinajstić information content (AvgIpc) is 3.25. The number of β-amino-alcohol motifs (C(OH)–C–C–N with tert-alkyl or cyclic N) is 1. The third-order valence-corrected chi connectivity index (χ3v) is 4.45. The molecule has 25 heavy (non-hydrogen) atoms. The van der Waals surface area contributed by atoms with Gasteiger partial charge in [0.25, 0.3) is 0 Å². The summed E-state index contributed by atoms with van der Waals surface area (Å²) in [5, 5.41) is 14.0. The Morgan fingerprint density at radius 1 is 1.36 bits per heavy atom. The van der Waals surface area contributed by atoms with Crippen molar-refractivity contribution in [2.45, 2.75) is 19.1 Å². The second kappa shape index (κ2) is 6.60. The van der Waals surface area contributed by atoms with Crippen LogP contribution in [0.2, 0.25) is 0 Å². The number of aliphatic hydroxyl groups excluding tert-OH is 1. The number of methoxy groups -OCH3 is 1. The number of aliphatic hydroxyl groups is 1. The van der Waals surface area contributed by atoms with E-state index < -0.39 is 0 Å². The van der Waals surface area contributed by atoms with Crippen LogP contribution in [0.15, 0.2) is 36.5 Å². The molecule has 0 spiro atoms. The number of aromatic nitrogens is 3. The fraction of sp³-hybridized carbons (Fsp3) is 0.333. The summed E-state index contributed by atoms with van der Waals surface area (Å²) in [5.41, 5.74) is 2.12. The molecule has 130 valence electrons. The Morgan fingerprint density at radius 3 is 3.08 bits per heavy atom. The lowest BCUT2D eigenvalue weighted by atomic mass is 10.2. The van der Waals surface area contributed by atoms with E-state index in [0.717, 1.165) is 41.1 Å². The van der Waals surface area contributed by atoms with Crippen molar-refractivity contribution in [1.29, 1.82) is 0 Å². The molecule has 1 saturated heterocycles. The van der Waals surface area contributed by atoms with E-state index in [-0.39, 0.29) is 6.10 Å². The zero-order valence-corrected chi connectivity index (χ0v) is 14.1. The maximum absolute atomic E-state index is 9.67. The quantitative estimate of drug-likeness (QED) is 0.660. The Kier molecular flexibility index (Phi) is 4.15. The van der Waals surface area contributed by atoms with Crippen molar-refractivity contribution >= 4 is 22.7 Å². The fourth-order valence-corrected chi connectivity index (χ4v) is 3.13. The SMILES string of the molecule is COc1ccc2[nH]c(CNc3nccc(N4CCC(O)C4)n3)cc2c1. The van der Waals surface area contributed by atoms with Gasteiger partial charge in [0.15, 0.2) is 0 Å². The van der Waals surface area contributed by atoms with E-state index in [4.69, 9.17) is 4.74 Å². The van der Waals surface area contributed by atoms with Gasteiger partial charge in [0.2, 0.25) is 5.95 Å². The smallest absolute Gasteiger partial charge is 0.224 e. The van der Waals surface area contributed by atoms with Gasteiger partial charge in [0, 0.05) is 35.9 Å². The maximum atomic E-state index is 9.67. The van der Waals surface area contributed by atoms with Crippen molar-refractivity contribution in [2.24, 2.45) is 0 Å². The van der Waals surface area contributed by atoms with E-state index in [1.54, 1.807) is 13.3 Å². The minimum Gasteiger partial charge on any atom is -0.497 e. The molecule has 0 saturated carbocycles. The molecule has 0 bridgehead atoms. The second-order valence-electron chi connectivity index (χ2n) is 6.23. The Labute approximate surface area is 145 Å². The number of fused-ring (bicyclic) bond motifs is 1. The third-order valence-electron chi connectivity index (χ3n) is 4.45. The molecule has 1 fully saturated rings. The molecule has 7 nitrogen and oxygen atoms in total. The number of H-pyrrole nitrogens is 1. The van der Waals surface area contributed by atoms with Gasteiger partial charge < -0.3 is 25.0 Å². The molecule has 1 unspecified atom stereocenters. The van der Waals surface area contributed by atoms with Crippen LogP contribution in [0.1, 0.15) is 12.1 Å².